The summed E-state index contributed by atoms with van der Waals surface area (Å²) in [7, 11) is 0. The van der Waals surface area contributed by atoms with Gasteiger partial charge < -0.3 is 5.32 Å². The van der Waals surface area contributed by atoms with Crippen molar-refractivity contribution in [3.63, 3.8) is 0 Å². The summed E-state index contributed by atoms with van der Waals surface area (Å²) in [5.41, 5.74) is 1.11. The van der Waals surface area contributed by atoms with Crippen LogP contribution in [0.3, 0.4) is 0 Å². The van der Waals surface area contributed by atoms with Gasteiger partial charge in [0.15, 0.2) is 0 Å². The maximum absolute atomic E-state index is 12.5. The molecule has 0 aliphatic rings. The Hall–Kier alpha value is -2.71. The second-order valence-corrected chi connectivity index (χ2v) is 8.32. The molecule has 0 radical (unpaired) electrons. The monoisotopic (exact) mass is 409 g/mol. The van der Waals surface area contributed by atoms with Gasteiger partial charge in [-0.3, -0.25) is 4.79 Å². The maximum atomic E-state index is 12.5. The molecule has 2 aromatic carbocycles. The number of amides is 1. The van der Waals surface area contributed by atoms with Crippen molar-refractivity contribution in [1.82, 2.24) is 25.5 Å². The molecule has 2 heterocycles. The Morgan fingerprint density at radius 3 is 2.89 bits per heavy atom. The van der Waals surface area contributed by atoms with Gasteiger partial charge in [-0.2, -0.15) is 0 Å². The van der Waals surface area contributed by atoms with E-state index in [2.05, 4.69) is 45.1 Å². The quantitative estimate of drug-likeness (QED) is 0.469. The summed E-state index contributed by atoms with van der Waals surface area (Å²) in [5, 5.41) is 19.9. The van der Waals surface area contributed by atoms with E-state index in [0.29, 0.717) is 11.7 Å². The predicted octanol–water partition coefficient (Wildman–Crippen LogP) is 3.91. The molecule has 0 aliphatic carbocycles. The standard InChI is InChI=1S/C20H19N5OS2/c1-14(17-10-4-7-15-6-2-3-9-18(15)17)21-19(26)13-28-20-22-23-24-25(20)12-16-8-5-11-27-16/h2-11,14H,12-13H2,1H3,(H,21,26). The molecule has 142 valence electrons. The SMILES string of the molecule is CC(NC(=O)CSc1nnnn1Cc1cccs1)c1cccc2ccccc12. The third-order valence-corrected chi connectivity index (χ3v) is 6.20. The molecule has 2 aromatic heterocycles. The number of aromatic nitrogens is 4. The molecule has 4 aromatic rings. The van der Waals surface area contributed by atoms with Crippen LogP contribution in [0.2, 0.25) is 0 Å². The minimum absolute atomic E-state index is 0.0453. The number of carbonyl (C=O) groups is 1. The molecule has 6 nitrogen and oxygen atoms in total. The van der Waals surface area contributed by atoms with Gasteiger partial charge in [-0.15, -0.1) is 16.4 Å². The number of nitrogens with one attached hydrogen (secondary N) is 1. The van der Waals surface area contributed by atoms with E-state index in [9.17, 15) is 4.79 Å². The van der Waals surface area contributed by atoms with E-state index in [0.717, 1.165) is 10.9 Å². The number of carbonyl (C=O) groups excluding carboxylic acids is 1. The highest BCUT2D eigenvalue weighted by molar-refractivity contribution is 7.99. The van der Waals surface area contributed by atoms with E-state index >= 15 is 0 Å². The second-order valence-electron chi connectivity index (χ2n) is 6.34. The normalized spacial score (nSPS) is 12.2. The summed E-state index contributed by atoms with van der Waals surface area (Å²) < 4.78 is 1.72. The van der Waals surface area contributed by atoms with Gasteiger partial charge in [0.2, 0.25) is 11.1 Å². The number of benzene rings is 2. The van der Waals surface area contributed by atoms with Gasteiger partial charge in [-0.1, -0.05) is 60.3 Å². The lowest BCUT2D eigenvalue weighted by molar-refractivity contribution is -0.119. The second kappa shape index (κ2) is 8.53. The van der Waals surface area contributed by atoms with Crippen molar-refractivity contribution < 1.29 is 4.79 Å². The van der Waals surface area contributed by atoms with Gasteiger partial charge in [0.05, 0.1) is 18.3 Å². The van der Waals surface area contributed by atoms with Crippen LogP contribution in [-0.4, -0.2) is 31.9 Å². The molecule has 0 spiro atoms. The lowest BCUT2D eigenvalue weighted by atomic mass is 10.00. The lowest BCUT2D eigenvalue weighted by Crippen LogP contribution is -2.28. The van der Waals surface area contributed by atoms with Crippen LogP contribution >= 0.6 is 23.1 Å². The summed E-state index contributed by atoms with van der Waals surface area (Å²) in [6.45, 7) is 2.62. The molecule has 0 aliphatic heterocycles. The van der Waals surface area contributed by atoms with E-state index in [1.807, 2.05) is 42.6 Å². The molecule has 0 saturated heterocycles. The van der Waals surface area contributed by atoms with E-state index in [4.69, 9.17) is 0 Å². The van der Waals surface area contributed by atoms with E-state index < -0.39 is 0 Å². The summed E-state index contributed by atoms with van der Waals surface area (Å²) in [4.78, 5) is 13.6. The van der Waals surface area contributed by atoms with Crippen molar-refractivity contribution >= 4 is 39.8 Å². The third-order valence-electron chi connectivity index (χ3n) is 4.38. The zero-order valence-electron chi connectivity index (χ0n) is 15.3. The topological polar surface area (TPSA) is 72.7 Å². The van der Waals surface area contributed by atoms with E-state index in [1.165, 1.54) is 22.0 Å². The van der Waals surface area contributed by atoms with Gasteiger partial charge in [0.1, 0.15) is 0 Å². The number of tetrazole rings is 1. The highest BCUT2D eigenvalue weighted by Gasteiger charge is 2.15. The largest absolute Gasteiger partial charge is 0.349 e. The summed E-state index contributed by atoms with van der Waals surface area (Å²) >= 11 is 3.00. The Morgan fingerprint density at radius 1 is 1.18 bits per heavy atom. The van der Waals surface area contributed by atoms with Crippen molar-refractivity contribution in [3.05, 3.63) is 70.4 Å². The lowest BCUT2D eigenvalue weighted by Gasteiger charge is -2.16. The summed E-state index contributed by atoms with van der Waals surface area (Å²) in [5.74, 6) is 0.219. The summed E-state index contributed by atoms with van der Waals surface area (Å²) in [6, 6.07) is 18.3. The van der Waals surface area contributed by atoms with Crippen molar-refractivity contribution in [2.24, 2.45) is 0 Å². The van der Waals surface area contributed by atoms with Crippen LogP contribution in [0.1, 0.15) is 23.4 Å². The Balaban J connectivity index is 1.38. The number of nitrogens with zero attached hydrogens (tertiary/aromatic N) is 4. The molecule has 0 saturated carbocycles. The molecule has 28 heavy (non-hydrogen) atoms. The zero-order chi connectivity index (χ0) is 19.3. The van der Waals surface area contributed by atoms with E-state index in [-0.39, 0.29) is 17.7 Å². The first-order chi connectivity index (χ1) is 13.7. The van der Waals surface area contributed by atoms with Crippen molar-refractivity contribution in [1.29, 1.82) is 0 Å². The average molecular weight is 410 g/mol. The Bertz CT molecular complexity index is 1070. The number of thiophene rings is 1. The van der Waals surface area contributed by atoms with Crippen LogP contribution in [0.15, 0.2) is 65.1 Å². The minimum Gasteiger partial charge on any atom is -0.349 e. The fourth-order valence-electron chi connectivity index (χ4n) is 3.07. The number of rotatable bonds is 7. The molecule has 0 fully saturated rings. The van der Waals surface area contributed by atoms with E-state index in [1.54, 1.807) is 16.0 Å². The number of hydrogen-bond acceptors (Lipinski definition) is 6. The van der Waals surface area contributed by atoms with Gasteiger partial charge in [0, 0.05) is 4.88 Å². The molecular formula is C20H19N5OS2. The van der Waals surface area contributed by atoms with Crippen LogP contribution in [-0.2, 0) is 11.3 Å². The van der Waals surface area contributed by atoms with Crippen LogP contribution < -0.4 is 5.32 Å². The fraction of sp³-hybridized carbons (Fsp3) is 0.200. The average Bonchev–Trinajstić information content (AvgIpc) is 3.38. The zero-order valence-corrected chi connectivity index (χ0v) is 16.9. The van der Waals surface area contributed by atoms with Crippen LogP contribution in [0, 0.1) is 0 Å². The molecule has 4 rings (SSSR count). The Morgan fingerprint density at radius 2 is 2.04 bits per heavy atom. The first-order valence-electron chi connectivity index (χ1n) is 8.89. The molecule has 1 unspecified atom stereocenters. The van der Waals surface area contributed by atoms with Gasteiger partial charge in [-0.05, 0) is 45.1 Å². The summed E-state index contributed by atoms with van der Waals surface area (Å²) in [6.07, 6.45) is 0. The highest BCUT2D eigenvalue weighted by atomic mass is 32.2. The minimum atomic E-state index is -0.0821. The first-order valence-corrected chi connectivity index (χ1v) is 10.8. The van der Waals surface area contributed by atoms with Gasteiger partial charge >= 0.3 is 0 Å². The number of hydrogen-bond donors (Lipinski definition) is 1. The number of fused-ring (bicyclic) bond motifs is 1. The fourth-order valence-corrected chi connectivity index (χ4v) is 4.44. The van der Waals surface area contributed by atoms with Crippen molar-refractivity contribution in [2.75, 3.05) is 5.75 Å². The molecule has 1 N–H and O–H groups in total. The smallest absolute Gasteiger partial charge is 0.230 e. The van der Waals surface area contributed by atoms with Gasteiger partial charge in [-0.25, -0.2) is 4.68 Å². The Kier molecular flexibility index (Phi) is 5.68. The molecule has 0 bridgehead atoms. The van der Waals surface area contributed by atoms with Crippen LogP contribution in [0.5, 0.6) is 0 Å². The molecule has 1 atom stereocenters. The molecular weight excluding hydrogens is 390 g/mol. The Labute approximate surface area is 171 Å². The molecule has 8 heteroatoms. The van der Waals surface area contributed by atoms with Gasteiger partial charge in [0.25, 0.3) is 0 Å². The predicted molar refractivity (Wildman–Crippen MR) is 112 cm³/mol. The molecule has 1 amide bonds. The van der Waals surface area contributed by atoms with Crippen molar-refractivity contribution in [3.8, 4) is 0 Å². The highest BCUT2D eigenvalue weighted by Crippen LogP contribution is 2.24. The third kappa shape index (κ3) is 4.23. The maximum Gasteiger partial charge on any atom is 0.230 e. The first kappa shape index (κ1) is 18.6. The van der Waals surface area contributed by atoms with Crippen LogP contribution in [0.25, 0.3) is 10.8 Å². The van der Waals surface area contributed by atoms with Crippen molar-refractivity contribution in [2.45, 2.75) is 24.7 Å². The number of thioether (sulfide) groups is 1. The van der Waals surface area contributed by atoms with Crippen LogP contribution in [0.4, 0.5) is 0 Å².